The van der Waals surface area contributed by atoms with Gasteiger partial charge in [0.25, 0.3) is 0 Å². The maximum absolute atomic E-state index is 6.05. The Hall–Kier alpha value is -2.44. The summed E-state index contributed by atoms with van der Waals surface area (Å²) in [6, 6.07) is 15.1. The van der Waals surface area contributed by atoms with E-state index in [0.29, 0.717) is 22.2 Å². The van der Waals surface area contributed by atoms with E-state index in [-0.39, 0.29) is 0 Å². The molecule has 2 aromatic carbocycles. The number of nitrogens with one attached hydrogen (secondary N) is 1. The lowest BCUT2D eigenvalue weighted by molar-refractivity contribution is 0.317. The molecule has 0 spiro atoms. The van der Waals surface area contributed by atoms with Gasteiger partial charge in [-0.2, -0.15) is 14.9 Å². The highest BCUT2D eigenvalue weighted by molar-refractivity contribution is 7.71. The number of hydrogen-bond donors (Lipinski definition) is 1. The molecule has 5 nitrogen and oxygen atoms in total. The van der Waals surface area contributed by atoms with E-state index in [9.17, 15) is 0 Å². The van der Waals surface area contributed by atoms with Gasteiger partial charge in [0.15, 0.2) is 5.82 Å². The molecule has 1 N–H and O–H groups in total. The van der Waals surface area contributed by atoms with Gasteiger partial charge in [-0.05, 0) is 60.6 Å². The summed E-state index contributed by atoms with van der Waals surface area (Å²) in [5.41, 5.74) is 1.77. The molecular weight excluding hydrogens is 356 g/mol. The van der Waals surface area contributed by atoms with Crippen LogP contribution in [0.2, 0.25) is 5.02 Å². The lowest BCUT2D eigenvalue weighted by Gasteiger charge is -2.04. The Bertz CT molecular complexity index is 931. The maximum atomic E-state index is 6.05. The van der Waals surface area contributed by atoms with Gasteiger partial charge in [-0.3, -0.25) is 0 Å². The van der Waals surface area contributed by atoms with Crippen LogP contribution in [0.15, 0.2) is 53.6 Å². The summed E-state index contributed by atoms with van der Waals surface area (Å²) in [6.07, 6.45) is 2.71. The third-order valence-corrected chi connectivity index (χ3v) is 3.91. The molecule has 0 aliphatic carbocycles. The zero-order valence-electron chi connectivity index (χ0n) is 13.6. The molecule has 0 fully saturated rings. The van der Waals surface area contributed by atoms with E-state index < -0.39 is 0 Å². The summed E-state index contributed by atoms with van der Waals surface area (Å²) in [5, 5.41) is 12.1. The van der Waals surface area contributed by atoms with Crippen molar-refractivity contribution in [1.29, 1.82) is 0 Å². The van der Waals surface area contributed by atoms with Crippen molar-refractivity contribution in [2.45, 2.75) is 13.3 Å². The fourth-order valence-electron chi connectivity index (χ4n) is 2.21. The summed E-state index contributed by atoms with van der Waals surface area (Å²) >= 11 is 11.3. The standard InChI is InChI=1S/C18H17ClN4OS/c1-2-10-24-16-8-6-13(7-9-16)12-20-23-17(21-22-18(23)25)14-4-3-5-15(19)11-14/h3-9,11-12H,2,10H2,1H3,(H,22,25). The van der Waals surface area contributed by atoms with E-state index in [2.05, 4.69) is 22.2 Å². The molecule has 7 heteroatoms. The number of rotatable bonds is 6. The molecule has 0 bridgehead atoms. The van der Waals surface area contributed by atoms with Crippen molar-refractivity contribution in [3.05, 3.63) is 63.9 Å². The molecule has 0 radical (unpaired) electrons. The van der Waals surface area contributed by atoms with Crippen molar-refractivity contribution >= 4 is 30.0 Å². The number of halogens is 1. The highest BCUT2D eigenvalue weighted by atomic mass is 35.5. The fraction of sp³-hybridized carbons (Fsp3) is 0.167. The van der Waals surface area contributed by atoms with Gasteiger partial charge in [-0.25, -0.2) is 5.10 Å². The summed E-state index contributed by atoms with van der Waals surface area (Å²) in [7, 11) is 0. The van der Waals surface area contributed by atoms with E-state index in [0.717, 1.165) is 23.3 Å². The minimum atomic E-state index is 0.411. The summed E-state index contributed by atoms with van der Waals surface area (Å²) in [5.74, 6) is 1.45. The van der Waals surface area contributed by atoms with E-state index in [1.807, 2.05) is 48.5 Å². The molecule has 0 unspecified atom stereocenters. The number of H-pyrrole nitrogens is 1. The molecule has 1 aromatic heterocycles. The van der Waals surface area contributed by atoms with Crippen LogP contribution >= 0.6 is 23.8 Å². The first-order chi connectivity index (χ1) is 12.2. The second-order valence-electron chi connectivity index (χ2n) is 5.34. The van der Waals surface area contributed by atoms with E-state index >= 15 is 0 Å². The SMILES string of the molecule is CCCOc1ccc(C=Nn2c(-c3cccc(Cl)c3)n[nH]c2=S)cc1. The maximum Gasteiger partial charge on any atom is 0.216 e. The predicted molar refractivity (Wildman–Crippen MR) is 103 cm³/mol. The van der Waals surface area contributed by atoms with Crippen molar-refractivity contribution in [2.75, 3.05) is 6.61 Å². The normalized spacial score (nSPS) is 11.1. The molecule has 0 saturated carbocycles. The molecule has 3 aromatic rings. The lowest BCUT2D eigenvalue weighted by atomic mass is 10.2. The third-order valence-electron chi connectivity index (χ3n) is 3.41. The van der Waals surface area contributed by atoms with Crippen LogP contribution in [0.4, 0.5) is 0 Å². The second-order valence-corrected chi connectivity index (χ2v) is 6.16. The van der Waals surface area contributed by atoms with Gasteiger partial charge in [-0.1, -0.05) is 30.7 Å². The molecule has 1 heterocycles. The minimum absolute atomic E-state index is 0.411. The summed E-state index contributed by atoms with van der Waals surface area (Å²) in [4.78, 5) is 0. The number of ether oxygens (including phenoxy) is 1. The molecule has 0 aliphatic rings. The smallest absolute Gasteiger partial charge is 0.216 e. The van der Waals surface area contributed by atoms with Gasteiger partial charge in [0, 0.05) is 10.6 Å². The number of aromatic nitrogens is 3. The first-order valence-electron chi connectivity index (χ1n) is 7.88. The second kappa shape index (κ2) is 8.09. The topological polar surface area (TPSA) is 55.2 Å². The van der Waals surface area contributed by atoms with Crippen LogP contribution in [0.1, 0.15) is 18.9 Å². The minimum Gasteiger partial charge on any atom is -0.494 e. The summed E-state index contributed by atoms with van der Waals surface area (Å²) in [6.45, 7) is 2.79. The van der Waals surface area contributed by atoms with Crippen molar-refractivity contribution in [3.8, 4) is 17.1 Å². The monoisotopic (exact) mass is 372 g/mol. The van der Waals surface area contributed by atoms with E-state index in [4.69, 9.17) is 28.6 Å². The number of nitrogens with zero attached hydrogens (tertiary/aromatic N) is 3. The van der Waals surface area contributed by atoms with Crippen LogP contribution in [0.5, 0.6) is 5.75 Å². The van der Waals surface area contributed by atoms with Crippen molar-refractivity contribution in [1.82, 2.24) is 14.9 Å². The van der Waals surface area contributed by atoms with Gasteiger partial charge in [0.1, 0.15) is 5.75 Å². The number of hydrogen-bond acceptors (Lipinski definition) is 4. The van der Waals surface area contributed by atoms with Crippen LogP contribution in [0, 0.1) is 4.77 Å². The molecular formula is C18H17ClN4OS. The van der Waals surface area contributed by atoms with Crippen LogP contribution in [0.25, 0.3) is 11.4 Å². The largest absolute Gasteiger partial charge is 0.494 e. The fourth-order valence-corrected chi connectivity index (χ4v) is 2.58. The zero-order valence-corrected chi connectivity index (χ0v) is 15.2. The average Bonchev–Trinajstić information content (AvgIpc) is 3.00. The predicted octanol–water partition coefficient (Wildman–Crippen LogP) is 4.93. The molecule has 0 atom stereocenters. The van der Waals surface area contributed by atoms with Gasteiger partial charge in [-0.15, -0.1) is 0 Å². The first-order valence-corrected chi connectivity index (χ1v) is 8.66. The van der Waals surface area contributed by atoms with Crippen LogP contribution < -0.4 is 4.74 Å². The van der Waals surface area contributed by atoms with Crippen molar-refractivity contribution in [2.24, 2.45) is 5.10 Å². The zero-order chi connectivity index (χ0) is 17.6. The van der Waals surface area contributed by atoms with Crippen molar-refractivity contribution in [3.63, 3.8) is 0 Å². The highest BCUT2D eigenvalue weighted by Gasteiger charge is 2.08. The molecule has 0 aliphatic heterocycles. The Kier molecular flexibility index (Phi) is 5.63. The molecule has 0 amide bonds. The van der Waals surface area contributed by atoms with Crippen LogP contribution in [-0.2, 0) is 0 Å². The Morgan fingerprint density at radius 2 is 2.08 bits per heavy atom. The van der Waals surface area contributed by atoms with Crippen LogP contribution in [-0.4, -0.2) is 27.7 Å². The lowest BCUT2D eigenvalue weighted by Crippen LogP contribution is -1.96. The Morgan fingerprint density at radius 3 is 2.80 bits per heavy atom. The van der Waals surface area contributed by atoms with Gasteiger partial charge < -0.3 is 4.74 Å². The first kappa shape index (κ1) is 17.4. The Morgan fingerprint density at radius 1 is 1.28 bits per heavy atom. The molecule has 0 saturated heterocycles. The number of benzene rings is 2. The molecule has 3 rings (SSSR count). The summed E-state index contributed by atoms with van der Waals surface area (Å²) < 4.78 is 7.56. The van der Waals surface area contributed by atoms with E-state index in [1.54, 1.807) is 10.9 Å². The third kappa shape index (κ3) is 4.35. The molecule has 128 valence electrons. The Balaban J connectivity index is 1.84. The Labute approximate surface area is 155 Å². The van der Waals surface area contributed by atoms with Crippen LogP contribution in [0.3, 0.4) is 0 Å². The van der Waals surface area contributed by atoms with Gasteiger partial charge >= 0.3 is 0 Å². The van der Waals surface area contributed by atoms with Gasteiger partial charge in [0.2, 0.25) is 4.77 Å². The highest BCUT2D eigenvalue weighted by Crippen LogP contribution is 2.21. The number of aromatic amines is 1. The van der Waals surface area contributed by atoms with Crippen molar-refractivity contribution < 1.29 is 4.74 Å². The van der Waals surface area contributed by atoms with Gasteiger partial charge in [0.05, 0.1) is 12.8 Å². The average molecular weight is 373 g/mol. The quantitative estimate of drug-likeness (QED) is 0.493. The van der Waals surface area contributed by atoms with E-state index in [1.165, 1.54) is 0 Å². The molecule has 25 heavy (non-hydrogen) atoms.